The van der Waals surface area contributed by atoms with Crippen molar-refractivity contribution in [3.8, 4) is 0 Å². The molecule has 0 aromatic carbocycles. The predicted octanol–water partition coefficient (Wildman–Crippen LogP) is 4.56. The molecule has 0 unspecified atom stereocenters. The Hall–Kier alpha value is -1.83. The van der Waals surface area contributed by atoms with Crippen LogP contribution in [0.15, 0.2) is 56.7 Å². The standard InChI is InChI=1S/C17H19NO/c1-12-5-3-6-15(16-7-4-10-19-16)17-13(2)18-9-8-14(17)11-12/h4-5,7,10-11H,3,6,8-9H2,1-2H3. The minimum Gasteiger partial charge on any atom is -0.465 e. The van der Waals surface area contributed by atoms with Crippen molar-refractivity contribution in [2.45, 2.75) is 33.1 Å². The zero-order chi connectivity index (χ0) is 13.2. The van der Waals surface area contributed by atoms with Crippen molar-refractivity contribution in [1.82, 2.24) is 0 Å². The third-order valence-electron chi connectivity index (χ3n) is 3.80. The lowest BCUT2D eigenvalue weighted by molar-refractivity contribution is 0.549. The van der Waals surface area contributed by atoms with Crippen LogP contribution in [-0.4, -0.2) is 12.3 Å². The van der Waals surface area contributed by atoms with E-state index in [-0.39, 0.29) is 0 Å². The van der Waals surface area contributed by atoms with Crippen molar-refractivity contribution in [3.05, 3.63) is 53.0 Å². The summed E-state index contributed by atoms with van der Waals surface area (Å²) in [6.45, 7) is 5.20. The molecule has 3 rings (SSSR count). The first-order valence-electron chi connectivity index (χ1n) is 6.92. The Balaban J connectivity index is 2.20. The van der Waals surface area contributed by atoms with Gasteiger partial charge in [-0.2, -0.15) is 0 Å². The van der Waals surface area contributed by atoms with Gasteiger partial charge < -0.3 is 4.42 Å². The van der Waals surface area contributed by atoms with Gasteiger partial charge in [-0.05, 0) is 50.8 Å². The first-order valence-corrected chi connectivity index (χ1v) is 6.92. The molecule has 0 atom stereocenters. The maximum atomic E-state index is 5.63. The number of hydrogen-bond acceptors (Lipinski definition) is 2. The van der Waals surface area contributed by atoms with E-state index in [1.54, 1.807) is 6.26 Å². The second-order valence-electron chi connectivity index (χ2n) is 5.20. The Morgan fingerprint density at radius 3 is 2.89 bits per heavy atom. The lowest BCUT2D eigenvalue weighted by Gasteiger charge is -2.22. The van der Waals surface area contributed by atoms with Crippen LogP contribution in [0.25, 0.3) is 5.57 Å². The fourth-order valence-electron chi connectivity index (χ4n) is 2.94. The average Bonchev–Trinajstić information content (AvgIpc) is 2.87. The molecule has 0 amide bonds. The molecule has 1 aliphatic carbocycles. The van der Waals surface area contributed by atoms with Crippen LogP contribution in [0.2, 0.25) is 0 Å². The second kappa shape index (κ2) is 5.04. The van der Waals surface area contributed by atoms with Gasteiger partial charge in [-0.15, -0.1) is 0 Å². The van der Waals surface area contributed by atoms with Gasteiger partial charge in [-0.1, -0.05) is 17.7 Å². The first kappa shape index (κ1) is 12.2. The summed E-state index contributed by atoms with van der Waals surface area (Å²) < 4.78 is 5.63. The largest absolute Gasteiger partial charge is 0.465 e. The predicted molar refractivity (Wildman–Crippen MR) is 79.3 cm³/mol. The molecule has 98 valence electrons. The van der Waals surface area contributed by atoms with Crippen LogP contribution in [-0.2, 0) is 0 Å². The molecule has 2 heteroatoms. The molecule has 0 N–H and O–H groups in total. The lowest BCUT2D eigenvalue weighted by Crippen LogP contribution is -2.13. The van der Waals surface area contributed by atoms with Crippen LogP contribution in [0.1, 0.15) is 38.9 Å². The normalized spacial score (nSPS) is 20.0. The number of furan rings is 1. The average molecular weight is 253 g/mol. The fraction of sp³-hybridized carbons (Fsp3) is 0.353. The molecule has 0 radical (unpaired) electrons. The highest BCUT2D eigenvalue weighted by atomic mass is 16.3. The second-order valence-corrected chi connectivity index (χ2v) is 5.20. The number of fused-ring (bicyclic) bond motifs is 1. The van der Waals surface area contributed by atoms with Gasteiger partial charge in [0.1, 0.15) is 5.76 Å². The molecule has 0 saturated carbocycles. The third-order valence-corrected chi connectivity index (χ3v) is 3.80. The van der Waals surface area contributed by atoms with Crippen LogP contribution in [0, 0.1) is 0 Å². The Labute approximate surface area is 114 Å². The molecule has 1 aromatic rings. The number of allylic oxidation sites excluding steroid dienone is 5. The van der Waals surface area contributed by atoms with Crippen LogP contribution >= 0.6 is 0 Å². The molecular formula is C17H19NO. The van der Waals surface area contributed by atoms with Crippen molar-refractivity contribution in [2.75, 3.05) is 6.54 Å². The van der Waals surface area contributed by atoms with Gasteiger partial charge in [0.15, 0.2) is 0 Å². The van der Waals surface area contributed by atoms with E-state index in [1.165, 1.54) is 22.3 Å². The first-order chi connectivity index (χ1) is 9.25. The summed E-state index contributed by atoms with van der Waals surface area (Å²) in [4.78, 5) is 4.63. The van der Waals surface area contributed by atoms with E-state index < -0.39 is 0 Å². The molecule has 1 aliphatic heterocycles. The molecular weight excluding hydrogens is 234 g/mol. The topological polar surface area (TPSA) is 25.5 Å². The van der Waals surface area contributed by atoms with Gasteiger partial charge in [0.05, 0.1) is 6.26 Å². The Bertz CT molecular complexity index is 597. The minimum absolute atomic E-state index is 0.903. The van der Waals surface area contributed by atoms with Gasteiger partial charge in [0, 0.05) is 23.4 Å². The monoisotopic (exact) mass is 253 g/mol. The van der Waals surface area contributed by atoms with Crippen molar-refractivity contribution < 1.29 is 4.42 Å². The SMILES string of the molecule is CC1=CCCC(c2ccco2)=C2C(=C1)CCN=C2C. The van der Waals surface area contributed by atoms with Crippen molar-refractivity contribution in [3.63, 3.8) is 0 Å². The molecule has 2 aliphatic rings. The molecule has 19 heavy (non-hydrogen) atoms. The summed E-state index contributed by atoms with van der Waals surface area (Å²) in [5, 5.41) is 0. The Morgan fingerprint density at radius 2 is 2.11 bits per heavy atom. The highest BCUT2D eigenvalue weighted by Crippen LogP contribution is 2.35. The summed E-state index contributed by atoms with van der Waals surface area (Å²) in [5.74, 6) is 0.991. The summed E-state index contributed by atoms with van der Waals surface area (Å²) in [7, 11) is 0. The molecule has 0 saturated heterocycles. The van der Waals surface area contributed by atoms with E-state index >= 15 is 0 Å². The maximum Gasteiger partial charge on any atom is 0.130 e. The zero-order valence-electron chi connectivity index (χ0n) is 11.6. The van der Waals surface area contributed by atoms with Gasteiger partial charge in [0.2, 0.25) is 0 Å². The van der Waals surface area contributed by atoms with E-state index in [9.17, 15) is 0 Å². The van der Waals surface area contributed by atoms with Gasteiger partial charge in [0.25, 0.3) is 0 Å². The summed E-state index contributed by atoms with van der Waals surface area (Å²) in [5.41, 5.74) is 6.54. The van der Waals surface area contributed by atoms with Gasteiger partial charge >= 0.3 is 0 Å². The Morgan fingerprint density at radius 1 is 1.21 bits per heavy atom. The number of rotatable bonds is 1. The van der Waals surface area contributed by atoms with Gasteiger partial charge in [-0.25, -0.2) is 0 Å². The summed E-state index contributed by atoms with van der Waals surface area (Å²) >= 11 is 0. The van der Waals surface area contributed by atoms with Crippen LogP contribution in [0.4, 0.5) is 0 Å². The fourth-order valence-corrected chi connectivity index (χ4v) is 2.94. The van der Waals surface area contributed by atoms with E-state index in [1.807, 2.05) is 6.07 Å². The zero-order valence-corrected chi connectivity index (χ0v) is 11.6. The van der Waals surface area contributed by atoms with Crippen LogP contribution in [0.3, 0.4) is 0 Å². The number of nitrogens with zero attached hydrogens (tertiary/aromatic N) is 1. The van der Waals surface area contributed by atoms with Crippen molar-refractivity contribution in [2.24, 2.45) is 4.99 Å². The van der Waals surface area contributed by atoms with E-state index in [4.69, 9.17) is 4.42 Å². The molecule has 0 spiro atoms. The summed E-state index contributed by atoms with van der Waals surface area (Å²) in [6.07, 6.45) is 9.49. The summed E-state index contributed by atoms with van der Waals surface area (Å²) in [6, 6.07) is 4.02. The van der Waals surface area contributed by atoms with E-state index in [0.717, 1.165) is 37.3 Å². The smallest absolute Gasteiger partial charge is 0.130 e. The quantitative estimate of drug-likeness (QED) is 0.720. The number of hydrogen-bond donors (Lipinski definition) is 0. The van der Waals surface area contributed by atoms with Crippen LogP contribution < -0.4 is 0 Å². The minimum atomic E-state index is 0.903. The van der Waals surface area contributed by atoms with Gasteiger partial charge in [-0.3, -0.25) is 4.99 Å². The molecule has 1 aromatic heterocycles. The van der Waals surface area contributed by atoms with E-state index in [0.29, 0.717) is 0 Å². The maximum absolute atomic E-state index is 5.63. The van der Waals surface area contributed by atoms with Crippen molar-refractivity contribution in [1.29, 1.82) is 0 Å². The Kier molecular flexibility index (Phi) is 3.24. The van der Waals surface area contributed by atoms with Crippen molar-refractivity contribution >= 4 is 11.3 Å². The third kappa shape index (κ3) is 2.35. The highest BCUT2D eigenvalue weighted by Gasteiger charge is 2.21. The molecule has 0 fully saturated rings. The van der Waals surface area contributed by atoms with Crippen LogP contribution in [0.5, 0.6) is 0 Å². The highest BCUT2D eigenvalue weighted by molar-refractivity contribution is 6.09. The van der Waals surface area contributed by atoms with E-state index in [2.05, 4.69) is 37.1 Å². The molecule has 0 bridgehead atoms. The molecule has 2 heterocycles. The molecule has 2 nitrogen and oxygen atoms in total. The number of aliphatic imine (C=N–C) groups is 1. The lowest BCUT2D eigenvalue weighted by atomic mass is 9.86.